The minimum Gasteiger partial charge on any atom is -0.333 e. The summed E-state index contributed by atoms with van der Waals surface area (Å²) in [5.41, 5.74) is 4.91. The lowest BCUT2D eigenvalue weighted by Crippen LogP contribution is -2.34. The summed E-state index contributed by atoms with van der Waals surface area (Å²) in [4.78, 5) is 19.6. The fraction of sp³-hybridized carbons (Fsp3) is 0.179. The van der Waals surface area contributed by atoms with E-state index in [-0.39, 0.29) is 11.1 Å². The zero-order chi connectivity index (χ0) is 25.9. The summed E-state index contributed by atoms with van der Waals surface area (Å²) in [5.74, 6) is -0.438. The van der Waals surface area contributed by atoms with Gasteiger partial charge in [-0.3, -0.25) is 9.47 Å². The molecule has 2 aromatic carbocycles. The Kier molecular flexibility index (Phi) is 7.24. The molecule has 0 unspecified atom stereocenters. The Bertz CT molecular complexity index is 1570. The summed E-state index contributed by atoms with van der Waals surface area (Å²) in [6, 6.07) is 15.5. The number of halogens is 3. The van der Waals surface area contributed by atoms with Crippen molar-refractivity contribution in [2.45, 2.75) is 19.5 Å². The maximum absolute atomic E-state index is 13.4. The highest BCUT2D eigenvalue weighted by Gasteiger charge is 2.26. The molecule has 0 fully saturated rings. The third kappa shape index (κ3) is 5.37. The average molecular weight is 534 g/mol. The van der Waals surface area contributed by atoms with Crippen molar-refractivity contribution >= 4 is 46.2 Å². The van der Waals surface area contributed by atoms with Gasteiger partial charge in [0, 0.05) is 49.9 Å². The number of fused-ring (bicyclic) bond motifs is 3. The molecule has 0 atom stereocenters. The summed E-state index contributed by atoms with van der Waals surface area (Å²) in [7, 11) is 0. The molecule has 0 radical (unpaired) electrons. The molecule has 2 aromatic heterocycles. The molecule has 1 N–H and O–H groups in total. The maximum Gasteiger partial charge on any atom is 0.326 e. The Morgan fingerprint density at radius 3 is 2.84 bits per heavy atom. The standard InChI is InChI=1S/C28H22Cl2FN5O/c29-23-12-18(4-6-24(23)31)2-1-10-35-11-8-25-22(17-35)21-5-3-19(15-32)13-26(21)36(25)28(37)34-16-20-7-9-33-27(30)14-20/h1-7,9,12-14H,8,10-11,16-17H2,(H,34,37)/b2-1+. The number of nitrogens with zero attached hydrogens (tertiary/aromatic N) is 4. The second kappa shape index (κ2) is 10.7. The van der Waals surface area contributed by atoms with E-state index < -0.39 is 5.82 Å². The van der Waals surface area contributed by atoms with Crippen molar-refractivity contribution in [1.82, 2.24) is 19.8 Å². The van der Waals surface area contributed by atoms with E-state index in [1.54, 1.807) is 47.2 Å². The van der Waals surface area contributed by atoms with Gasteiger partial charge in [0.1, 0.15) is 11.0 Å². The van der Waals surface area contributed by atoms with Gasteiger partial charge in [-0.1, -0.05) is 47.5 Å². The van der Waals surface area contributed by atoms with Gasteiger partial charge in [-0.05, 0) is 53.1 Å². The van der Waals surface area contributed by atoms with Crippen LogP contribution >= 0.6 is 23.2 Å². The van der Waals surface area contributed by atoms with Crippen LogP contribution in [-0.2, 0) is 19.5 Å². The quantitative estimate of drug-likeness (QED) is 0.310. The number of nitriles is 1. The van der Waals surface area contributed by atoms with Crippen LogP contribution in [0.5, 0.6) is 0 Å². The van der Waals surface area contributed by atoms with E-state index in [0.29, 0.717) is 42.3 Å². The van der Waals surface area contributed by atoms with Crippen molar-refractivity contribution in [2.75, 3.05) is 13.1 Å². The molecule has 0 spiro atoms. The first-order valence-electron chi connectivity index (χ1n) is 11.7. The van der Waals surface area contributed by atoms with Gasteiger partial charge < -0.3 is 5.32 Å². The largest absolute Gasteiger partial charge is 0.333 e. The molecule has 6 nitrogen and oxygen atoms in total. The van der Waals surface area contributed by atoms with E-state index in [2.05, 4.69) is 21.3 Å². The van der Waals surface area contributed by atoms with Gasteiger partial charge in [-0.15, -0.1) is 0 Å². The van der Waals surface area contributed by atoms with Gasteiger partial charge in [0.05, 0.1) is 22.2 Å². The third-order valence-corrected chi connectivity index (χ3v) is 6.91. The molecule has 0 saturated heterocycles. The van der Waals surface area contributed by atoms with Crippen LogP contribution in [0.4, 0.5) is 9.18 Å². The van der Waals surface area contributed by atoms with E-state index >= 15 is 0 Å². The van der Waals surface area contributed by atoms with Crippen molar-refractivity contribution in [3.05, 3.63) is 105 Å². The van der Waals surface area contributed by atoms with Crippen molar-refractivity contribution in [1.29, 1.82) is 5.26 Å². The minimum atomic E-state index is -0.438. The smallest absolute Gasteiger partial charge is 0.326 e. The van der Waals surface area contributed by atoms with Crippen LogP contribution in [0, 0.1) is 17.1 Å². The van der Waals surface area contributed by atoms with Gasteiger partial charge >= 0.3 is 6.03 Å². The molecule has 3 heterocycles. The van der Waals surface area contributed by atoms with E-state index in [9.17, 15) is 14.4 Å². The van der Waals surface area contributed by atoms with Gasteiger partial charge in [0.25, 0.3) is 0 Å². The molecule has 4 aromatic rings. The molecule has 0 saturated carbocycles. The van der Waals surface area contributed by atoms with Crippen LogP contribution in [0.3, 0.4) is 0 Å². The highest BCUT2D eigenvalue weighted by Crippen LogP contribution is 2.31. The SMILES string of the molecule is N#Cc1ccc2c3c(n(C(=O)NCc4ccnc(Cl)c4)c2c1)CCN(C/C=C/c1ccc(F)c(Cl)c1)C3. The second-order valence-electron chi connectivity index (χ2n) is 8.81. The monoisotopic (exact) mass is 533 g/mol. The molecule has 9 heteroatoms. The summed E-state index contributed by atoms with van der Waals surface area (Å²) >= 11 is 11.9. The van der Waals surface area contributed by atoms with Crippen LogP contribution < -0.4 is 5.32 Å². The van der Waals surface area contributed by atoms with Crippen LogP contribution in [0.1, 0.15) is 27.9 Å². The fourth-order valence-corrected chi connectivity index (χ4v) is 5.02. The van der Waals surface area contributed by atoms with Gasteiger partial charge in [-0.2, -0.15) is 5.26 Å². The maximum atomic E-state index is 13.4. The summed E-state index contributed by atoms with van der Waals surface area (Å²) in [6.07, 6.45) is 6.22. The molecular weight excluding hydrogens is 512 g/mol. The molecule has 37 heavy (non-hydrogen) atoms. The zero-order valence-corrected chi connectivity index (χ0v) is 21.2. The number of hydrogen-bond donors (Lipinski definition) is 1. The lowest BCUT2D eigenvalue weighted by Gasteiger charge is -2.27. The van der Waals surface area contributed by atoms with E-state index in [1.807, 2.05) is 18.2 Å². The van der Waals surface area contributed by atoms with E-state index in [1.165, 1.54) is 6.07 Å². The Morgan fingerprint density at radius 2 is 2.05 bits per heavy atom. The molecule has 1 aliphatic rings. The Labute approximate surface area is 223 Å². The number of aromatic nitrogens is 2. The van der Waals surface area contributed by atoms with Crippen molar-refractivity contribution in [3.8, 4) is 6.07 Å². The highest BCUT2D eigenvalue weighted by molar-refractivity contribution is 6.30. The zero-order valence-electron chi connectivity index (χ0n) is 19.7. The molecular formula is C28H22Cl2FN5O. The predicted octanol–water partition coefficient (Wildman–Crippen LogP) is 6.18. The van der Waals surface area contributed by atoms with Crippen molar-refractivity contribution < 1.29 is 9.18 Å². The average Bonchev–Trinajstić information content (AvgIpc) is 3.22. The van der Waals surface area contributed by atoms with Crippen LogP contribution in [-0.4, -0.2) is 33.6 Å². The van der Waals surface area contributed by atoms with Gasteiger partial charge in [0.15, 0.2) is 0 Å². The Hall–Kier alpha value is -3.70. The van der Waals surface area contributed by atoms with E-state index in [4.69, 9.17) is 23.2 Å². The first-order valence-corrected chi connectivity index (χ1v) is 12.5. The van der Waals surface area contributed by atoms with Crippen LogP contribution in [0.25, 0.3) is 17.0 Å². The summed E-state index contributed by atoms with van der Waals surface area (Å²) in [6.45, 7) is 2.41. The molecule has 1 aliphatic heterocycles. The Balaban J connectivity index is 1.39. The van der Waals surface area contributed by atoms with E-state index in [0.717, 1.165) is 34.3 Å². The van der Waals surface area contributed by atoms with Crippen LogP contribution in [0.2, 0.25) is 10.2 Å². The Morgan fingerprint density at radius 1 is 1.19 bits per heavy atom. The third-order valence-electron chi connectivity index (χ3n) is 6.41. The number of benzene rings is 2. The normalized spacial score (nSPS) is 13.6. The summed E-state index contributed by atoms with van der Waals surface area (Å²) in [5, 5.41) is 13.8. The number of hydrogen-bond acceptors (Lipinski definition) is 4. The van der Waals surface area contributed by atoms with Crippen molar-refractivity contribution in [3.63, 3.8) is 0 Å². The number of nitrogens with one attached hydrogen (secondary N) is 1. The van der Waals surface area contributed by atoms with Crippen molar-refractivity contribution in [2.24, 2.45) is 0 Å². The molecule has 5 rings (SSSR count). The lowest BCUT2D eigenvalue weighted by molar-refractivity contribution is 0.240. The van der Waals surface area contributed by atoms with Crippen LogP contribution in [0.15, 0.2) is 60.8 Å². The fourth-order valence-electron chi connectivity index (χ4n) is 4.63. The lowest BCUT2D eigenvalue weighted by atomic mass is 10.0. The number of rotatable bonds is 5. The first kappa shape index (κ1) is 25.0. The first-order chi connectivity index (χ1) is 17.9. The van der Waals surface area contributed by atoms with Gasteiger partial charge in [0.2, 0.25) is 0 Å². The molecule has 1 amide bonds. The molecule has 0 bridgehead atoms. The minimum absolute atomic E-state index is 0.0969. The molecule has 0 aliphatic carbocycles. The predicted molar refractivity (Wildman–Crippen MR) is 143 cm³/mol. The topological polar surface area (TPSA) is 74.0 Å². The second-order valence-corrected chi connectivity index (χ2v) is 9.61. The number of carbonyl (C=O) groups is 1. The number of carbonyl (C=O) groups excluding carboxylic acids is 1. The summed E-state index contributed by atoms with van der Waals surface area (Å²) < 4.78 is 15.1. The highest BCUT2D eigenvalue weighted by atomic mass is 35.5. The van der Waals surface area contributed by atoms with Gasteiger partial charge in [-0.25, -0.2) is 14.2 Å². The number of pyridine rings is 1. The number of amides is 1. The molecule has 186 valence electrons.